The number of hydrogen-bond acceptors (Lipinski definition) is 2. The molecule has 1 aliphatic rings. The number of hydrogen-bond donors (Lipinski definition) is 1. The van der Waals surface area contributed by atoms with E-state index in [2.05, 4.69) is 34.5 Å². The van der Waals surface area contributed by atoms with E-state index in [0.717, 1.165) is 12.8 Å². The van der Waals surface area contributed by atoms with Gasteiger partial charge in [-0.1, -0.05) is 24.3 Å². The van der Waals surface area contributed by atoms with Crippen LogP contribution in [-0.2, 0) is 11.2 Å². The van der Waals surface area contributed by atoms with Crippen molar-refractivity contribution >= 4 is 5.91 Å². The van der Waals surface area contributed by atoms with Crippen molar-refractivity contribution in [2.45, 2.75) is 45.2 Å². The molecule has 0 aliphatic heterocycles. The molecule has 0 radical (unpaired) electrons. The number of carbonyl (C=O) groups excluding carboxylic acids is 1. The topological polar surface area (TPSA) is 32.3 Å². The zero-order valence-corrected chi connectivity index (χ0v) is 12.4. The number of nitrogens with zero attached hydrogens (tertiary/aromatic N) is 1. The molecule has 0 bridgehead atoms. The minimum absolute atomic E-state index is 0.0966. The van der Waals surface area contributed by atoms with E-state index in [-0.39, 0.29) is 11.4 Å². The molecule has 0 saturated heterocycles. The summed E-state index contributed by atoms with van der Waals surface area (Å²) in [5.74, 6) is 0.0966. The molecular formula is C16H24N2O. The van der Waals surface area contributed by atoms with Gasteiger partial charge in [0.05, 0.1) is 6.54 Å². The number of fused-ring (bicyclic) bond motifs is 1. The highest BCUT2D eigenvalue weighted by Crippen LogP contribution is 2.34. The fraction of sp³-hybridized carbons (Fsp3) is 0.562. The zero-order valence-electron chi connectivity index (χ0n) is 12.4. The van der Waals surface area contributed by atoms with Crippen LogP contribution in [0.2, 0.25) is 0 Å². The van der Waals surface area contributed by atoms with Gasteiger partial charge < -0.3 is 5.32 Å². The molecule has 0 heterocycles. The predicted octanol–water partition coefficient (Wildman–Crippen LogP) is 2.52. The molecule has 3 heteroatoms. The van der Waals surface area contributed by atoms with Crippen molar-refractivity contribution < 1.29 is 4.79 Å². The third-order valence-electron chi connectivity index (χ3n) is 3.54. The molecule has 2 rings (SSSR count). The van der Waals surface area contributed by atoms with Crippen molar-refractivity contribution in [3.05, 3.63) is 35.4 Å². The molecular weight excluding hydrogens is 236 g/mol. The predicted molar refractivity (Wildman–Crippen MR) is 78.0 cm³/mol. The molecule has 0 saturated carbocycles. The third kappa shape index (κ3) is 3.57. The Labute approximate surface area is 116 Å². The van der Waals surface area contributed by atoms with Crippen LogP contribution in [0, 0.1) is 0 Å². The molecule has 1 aromatic rings. The molecule has 104 valence electrons. The third-order valence-corrected chi connectivity index (χ3v) is 3.54. The Bertz CT molecular complexity index is 462. The SMILES string of the molecule is CN(CC(=O)NC(C)(C)C)C1CCc2ccccc21. The fourth-order valence-corrected chi connectivity index (χ4v) is 2.79. The largest absolute Gasteiger partial charge is 0.350 e. The first-order valence-corrected chi connectivity index (χ1v) is 6.96. The highest BCUT2D eigenvalue weighted by molar-refractivity contribution is 5.78. The first-order valence-electron chi connectivity index (χ1n) is 6.96. The lowest BCUT2D eigenvalue weighted by Crippen LogP contribution is -2.45. The van der Waals surface area contributed by atoms with Gasteiger partial charge in [-0.25, -0.2) is 0 Å². The van der Waals surface area contributed by atoms with Gasteiger partial charge in [0.25, 0.3) is 0 Å². The summed E-state index contributed by atoms with van der Waals surface area (Å²) >= 11 is 0. The van der Waals surface area contributed by atoms with Crippen LogP contribution in [0.25, 0.3) is 0 Å². The van der Waals surface area contributed by atoms with Gasteiger partial charge in [-0.15, -0.1) is 0 Å². The van der Waals surface area contributed by atoms with E-state index in [1.54, 1.807) is 0 Å². The standard InChI is InChI=1S/C16H24N2O/c1-16(2,3)17-15(19)11-18(4)14-10-9-12-7-5-6-8-13(12)14/h5-8,14H,9-11H2,1-4H3,(H,17,19). The molecule has 1 amide bonds. The average molecular weight is 260 g/mol. The molecule has 19 heavy (non-hydrogen) atoms. The maximum atomic E-state index is 12.0. The highest BCUT2D eigenvalue weighted by atomic mass is 16.2. The van der Waals surface area contributed by atoms with Crippen molar-refractivity contribution in [1.82, 2.24) is 10.2 Å². The Kier molecular flexibility index (Phi) is 3.95. The van der Waals surface area contributed by atoms with E-state index >= 15 is 0 Å². The van der Waals surface area contributed by atoms with Crippen LogP contribution in [0.1, 0.15) is 44.4 Å². The second kappa shape index (κ2) is 5.33. The van der Waals surface area contributed by atoms with E-state index in [9.17, 15) is 4.79 Å². The number of rotatable bonds is 3. The summed E-state index contributed by atoms with van der Waals surface area (Å²) in [6, 6.07) is 8.93. The van der Waals surface area contributed by atoms with Gasteiger partial charge >= 0.3 is 0 Å². The van der Waals surface area contributed by atoms with Crippen molar-refractivity contribution in [2.75, 3.05) is 13.6 Å². The van der Waals surface area contributed by atoms with Crippen LogP contribution in [0.5, 0.6) is 0 Å². The van der Waals surface area contributed by atoms with Crippen LogP contribution in [0.4, 0.5) is 0 Å². The maximum absolute atomic E-state index is 12.0. The van der Waals surface area contributed by atoms with Gasteiger partial charge in [0.2, 0.25) is 5.91 Å². The second-order valence-corrected chi connectivity index (χ2v) is 6.47. The molecule has 1 N–H and O–H groups in total. The molecule has 1 atom stereocenters. The molecule has 1 aromatic carbocycles. The smallest absolute Gasteiger partial charge is 0.234 e. The van der Waals surface area contributed by atoms with Gasteiger partial charge in [-0.2, -0.15) is 0 Å². The van der Waals surface area contributed by atoms with E-state index in [0.29, 0.717) is 12.6 Å². The minimum atomic E-state index is -0.161. The quantitative estimate of drug-likeness (QED) is 0.905. The average Bonchev–Trinajstić information content (AvgIpc) is 2.69. The van der Waals surface area contributed by atoms with Crippen LogP contribution in [0.15, 0.2) is 24.3 Å². The molecule has 0 aromatic heterocycles. The van der Waals surface area contributed by atoms with E-state index < -0.39 is 0 Å². The Morgan fingerprint density at radius 1 is 1.37 bits per heavy atom. The molecule has 0 fully saturated rings. The first kappa shape index (κ1) is 14.1. The lowest BCUT2D eigenvalue weighted by atomic mass is 10.1. The number of nitrogens with one attached hydrogen (secondary N) is 1. The molecule has 0 spiro atoms. The first-order chi connectivity index (χ1) is 8.87. The normalized spacial score (nSPS) is 18.5. The van der Waals surface area contributed by atoms with E-state index in [1.165, 1.54) is 11.1 Å². The maximum Gasteiger partial charge on any atom is 0.234 e. The summed E-state index contributed by atoms with van der Waals surface area (Å²) in [5.41, 5.74) is 2.65. The lowest BCUT2D eigenvalue weighted by Gasteiger charge is -2.27. The number of carbonyl (C=O) groups is 1. The van der Waals surface area contributed by atoms with Gasteiger partial charge in [0.1, 0.15) is 0 Å². The van der Waals surface area contributed by atoms with Crippen LogP contribution >= 0.6 is 0 Å². The summed E-state index contributed by atoms with van der Waals surface area (Å²) in [5, 5.41) is 3.02. The molecule has 3 nitrogen and oxygen atoms in total. The number of aryl methyl sites for hydroxylation is 1. The summed E-state index contributed by atoms with van der Waals surface area (Å²) in [6.07, 6.45) is 2.23. The van der Waals surface area contributed by atoms with Crippen molar-refractivity contribution in [2.24, 2.45) is 0 Å². The summed E-state index contributed by atoms with van der Waals surface area (Å²) in [6.45, 7) is 6.48. The lowest BCUT2D eigenvalue weighted by molar-refractivity contribution is -0.123. The highest BCUT2D eigenvalue weighted by Gasteiger charge is 2.27. The summed E-state index contributed by atoms with van der Waals surface area (Å²) in [7, 11) is 2.04. The Balaban J connectivity index is 1.99. The van der Waals surface area contributed by atoms with E-state index in [4.69, 9.17) is 0 Å². The van der Waals surface area contributed by atoms with Gasteiger partial charge in [-0.05, 0) is 51.8 Å². The van der Waals surface area contributed by atoms with Crippen molar-refractivity contribution in [3.8, 4) is 0 Å². The Morgan fingerprint density at radius 2 is 2.05 bits per heavy atom. The van der Waals surface area contributed by atoms with Gasteiger partial charge in [0, 0.05) is 11.6 Å². The zero-order chi connectivity index (χ0) is 14.0. The van der Waals surface area contributed by atoms with Crippen molar-refractivity contribution in [1.29, 1.82) is 0 Å². The van der Waals surface area contributed by atoms with Crippen LogP contribution in [-0.4, -0.2) is 29.9 Å². The fourth-order valence-electron chi connectivity index (χ4n) is 2.79. The second-order valence-electron chi connectivity index (χ2n) is 6.47. The monoisotopic (exact) mass is 260 g/mol. The van der Waals surface area contributed by atoms with Crippen LogP contribution < -0.4 is 5.32 Å². The van der Waals surface area contributed by atoms with Gasteiger partial charge in [-0.3, -0.25) is 9.69 Å². The minimum Gasteiger partial charge on any atom is -0.350 e. The van der Waals surface area contributed by atoms with Crippen LogP contribution in [0.3, 0.4) is 0 Å². The number of benzene rings is 1. The van der Waals surface area contributed by atoms with Gasteiger partial charge in [0.15, 0.2) is 0 Å². The summed E-state index contributed by atoms with van der Waals surface area (Å²) < 4.78 is 0. The number of amides is 1. The number of likely N-dealkylation sites (N-methyl/N-ethyl adjacent to an activating group) is 1. The molecule has 1 unspecified atom stereocenters. The Morgan fingerprint density at radius 3 is 2.74 bits per heavy atom. The Hall–Kier alpha value is -1.35. The summed E-state index contributed by atoms with van der Waals surface area (Å²) in [4.78, 5) is 14.1. The van der Waals surface area contributed by atoms with Crippen molar-refractivity contribution in [3.63, 3.8) is 0 Å². The molecule has 1 aliphatic carbocycles. The van der Waals surface area contributed by atoms with E-state index in [1.807, 2.05) is 27.8 Å².